The van der Waals surface area contributed by atoms with Crippen LogP contribution < -0.4 is 4.74 Å². The lowest BCUT2D eigenvalue weighted by molar-refractivity contribution is -0.133. The highest BCUT2D eigenvalue weighted by Crippen LogP contribution is 2.19. The third-order valence-electron chi connectivity index (χ3n) is 2.26. The van der Waals surface area contributed by atoms with Gasteiger partial charge in [-0.15, -0.1) is 0 Å². The van der Waals surface area contributed by atoms with Gasteiger partial charge >= 0.3 is 5.97 Å². The van der Waals surface area contributed by atoms with Gasteiger partial charge in [-0.25, -0.2) is 0 Å². The van der Waals surface area contributed by atoms with Gasteiger partial charge in [0, 0.05) is 0 Å². The van der Waals surface area contributed by atoms with Crippen molar-refractivity contribution in [1.82, 2.24) is 0 Å². The Hall–Kier alpha value is -1.16. The summed E-state index contributed by atoms with van der Waals surface area (Å²) < 4.78 is 5.66. The van der Waals surface area contributed by atoms with Crippen LogP contribution in [-0.2, 0) is 4.79 Å². The summed E-state index contributed by atoms with van der Waals surface area (Å²) in [6.07, 6.45) is 0.866. The average Bonchev–Trinajstić information content (AvgIpc) is 2.27. The van der Waals surface area contributed by atoms with Crippen LogP contribution in [0, 0.1) is 13.8 Å². The maximum atomic E-state index is 10.3. The Balaban J connectivity index is 2.22. The van der Waals surface area contributed by atoms with Crippen molar-refractivity contribution in [2.75, 3.05) is 18.1 Å². The van der Waals surface area contributed by atoms with E-state index in [1.807, 2.05) is 26.0 Å². The van der Waals surface area contributed by atoms with Crippen LogP contribution in [0.5, 0.6) is 5.75 Å². The SMILES string of the molecule is Cc1ccc(C)c(OCCCSCC(=O)O)c1. The molecular formula is C13H18O3S. The highest BCUT2D eigenvalue weighted by atomic mass is 32.2. The monoisotopic (exact) mass is 254 g/mol. The molecule has 0 unspecified atom stereocenters. The number of ether oxygens (including phenoxy) is 1. The fourth-order valence-corrected chi connectivity index (χ4v) is 2.01. The third-order valence-corrected chi connectivity index (χ3v) is 3.29. The highest BCUT2D eigenvalue weighted by Gasteiger charge is 2.00. The topological polar surface area (TPSA) is 46.5 Å². The molecule has 0 atom stereocenters. The Morgan fingerprint density at radius 3 is 2.88 bits per heavy atom. The van der Waals surface area contributed by atoms with Crippen LogP contribution in [0.25, 0.3) is 0 Å². The van der Waals surface area contributed by atoms with E-state index in [0.717, 1.165) is 23.5 Å². The Labute approximate surface area is 106 Å². The molecule has 0 aliphatic heterocycles. The molecule has 0 saturated heterocycles. The number of carbonyl (C=O) groups is 1. The Bertz CT molecular complexity index is 377. The maximum Gasteiger partial charge on any atom is 0.313 e. The highest BCUT2D eigenvalue weighted by molar-refractivity contribution is 7.99. The summed E-state index contributed by atoms with van der Waals surface area (Å²) >= 11 is 1.42. The fraction of sp³-hybridized carbons (Fsp3) is 0.462. The molecule has 0 fully saturated rings. The second-order valence-electron chi connectivity index (χ2n) is 3.92. The van der Waals surface area contributed by atoms with Crippen molar-refractivity contribution in [2.24, 2.45) is 0 Å². The van der Waals surface area contributed by atoms with Gasteiger partial charge in [0.05, 0.1) is 12.4 Å². The number of aryl methyl sites for hydroxylation is 2. The van der Waals surface area contributed by atoms with E-state index in [9.17, 15) is 4.79 Å². The quantitative estimate of drug-likeness (QED) is 0.760. The summed E-state index contributed by atoms with van der Waals surface area (Å²) in [6, 6.07) is 6.13. The number of aliphatic carboxylic acids is 1. The molecule has 17 heavy (non-hydrogen) atoms. The Morgan fingerprint density at radius 2 is 2.18 bits per heavy atom. The van der Waals surface area contributed by atoms with Gasteiger partial charge in [0.2, 0.25) is 0 Å². The molecule has 0 aliphatic rings. The summed E-state index contributed by atoms with van der Waals surface area (Å²) in [5, 5.41) is 8.46. The summed E-state index contributed by atoms with van der Waals surface area (Å²) in [5.74, 6) is 1.15. The number of thioether (sulfide) groups is 1. The minimum absolute atomic E-state index is 0.170. The Morgan fingerprint density at radius 1 is 1.41 bits per heavy atom. The van der Waals surface area contributed by atoms with Gasteiger partial charge in [-0.3, -0.25) is 4.79 Å². The maximum absolute atomic E-state index is 10.3. The molecule has 0 radical (unpaired) electrons. The van der Waals surface area contributed by atoms with E-state index < -0.39 is 5.97 Å². The second kappa shape index (κ2) is 7.22. The summed E-state index contributed by atoms with van der Waals surface area (Å²) in [6.45, 7) is 4.69. The minimum Gasteiger partial charge on any atom is -0.493 e. The zero-order valence-electron chi connectivity index (χ0n) is 10.2. The molecule has 3 nitrogen and oxygen atoms in total. The first kappa shape index (κ1) is 13.9. The standard InChI is InChI=1S/C13H18O3S/c1-10-4-5-11(2)12(8-10)16-6-3-7-17-9-13(14)15/h4-5,8H,3,6-7,9H2,1-2H3,(H,14,15). The summed E-state index contributed by atoms with van der Waals surface area (Å²) in [4.78, 5) is 10.3. The lowest BCUT2D eigenvalue weighted by atomic mass is 10.1. The van der Waals surface area contributed by atoms with Crippen LogP contribution >= 0.6 is 11.8 Å². The molecule has 0 aromatic heterocycles. The molecule has 0 aliphatic carbocycles. The molecule has 94 valence electrons. The number of carboxylic acid groups (broad SMARTS) is 1. The Kier molecular flexibility index (Phi) is 5.91. The number of hydrogen-bond acceptors (Lipinski definition) is 3. The van der Waals surface area contributed by atoms with Gasteiger partial charge < -0.3 is 9.84 Å². The van der Waals surface area contributed by atoms with E-state index in [4.69, 9.17) is 9.84 Å². The molecule has 0 amide bonds. The van der Waals surface area contributed by atoms with Crippen LogP contribution in [0.4, 0.5) is 0 Å². The molecule has 0 bridgehead atoms. The molecule has 0 spiro atoms. The van der Waals surface area contributed by atoms with Crippen molar-refractivity contribution >= 4 is 17.7 Å². The van der Waals surface area contributed by atoms with E-state index in [2.05, 4.69) is 6.07 Å². The van der Waals surface area contributed by atoms with Crippen LogP contribution in [0.2, 0.25) is 0 Å². The van der Waals surface area contributed by atoms with E-state index in [-0.39, 0.29) is 5.75 Å². The number of rotatable bonds is 7. The third kappa shape index (κ3) is 5.63. The van der Waals surface area contributed by atoms with E-state index in [1.54, 1.807) is 0 Å². The first-order chi connectivity index (χ1) is 8.09. The average molecular weight is 254 g/mol. The zero-order chi connectivity index (χ0) is 12.7. The summed E-state index contributed by atoms with van der Waals surface area (Å²) in [5.41, 5.74) is 2.32. The summed E-state index contributed by atoms with van der Waals surface area (Å²) in [7, 11) is 0. The zero-order valence-corrected chi connectivity index (χ0v) is 11.0. The first-order valence-electron chi connectivity index (χ1n) is 5.59. The molecule has 4 heteroatoms. The van der Waals surface area contributed by atoms with Crippen molar-refractivity contribution in [3.05, 3.63) is 29.3 Å². The molecule has 0 heterocycles. The normalized spacial score (nSPS) is 10.2. The van der Waals surface area contributed by atoms with Crippen molar-refractivity contribution in [1.29, 1.82) is 0 Å². The molecule has 1 rings (SSSR count). The van der Waals surface area contributed by atoms with Gasteiger partial charge in [-0.2, -0.15) is 11.8 Å². The molecular weight excluding hydrogens is 236 g/mol. The van der Waals surface area contributed by atoms with E-state index >= 15 is 0 Å². The smallest absolute Gasteiger partial charge is 0.313 e. The van der Waals surface area contributed by atoms with Crippen molar-refractivity contribution in [2.45, 2.75) is 20.3 Å². The second-order valence-corrected chi connectivity index (χ2v) is 5.02. The van der Waals surface area contributed by atoms with Crippen molar-refractivity contribution in [3.8, 4) is 5.75 Å². The van der Waals surface area contributed by atoms with Gasteiger partial charge in [-0.1, -0.05) is 12.1 Å². The van der Waals surface area contributed by atoms with Gasteiger partial charge in [0.25, 0.3) is 0 Å². The molecule has 0 saturated carbocycles. The minimum atomic E-state index is -0.759. The lowest BCUT2D eigenvalue weighted by Crippen LogP contribution is -2.03. The van der Waals surface area contributed by atoms with E-state index in [0.29, 0.717) is 6.61 Å². The van der Waals surface area contributed by atoms with E-state index in [1.165, 1.54) is 17.3 Å². The van der Waals surface area contributed by atoms with Crippen LogP contribution in [0.3, 0.4) is 0 Å². The fourth-order valence-electron chi connectivity index (χ4n) is 1.37. The van der Waals surface area contributed by atoms with Crippen LogP contribution in [-0.4, -0.2) is 29.2 Å². The van der Waals surface area contributed by atoms with Crippen LogP contribution in [0.1, 0.15) is 17.5 Å². The molecule has 1 aromatic carbocycles. The largest absolute Gasteiger partial charge is 0.493 e. The van der Waals surface area contributed by atoms with Crippen molar-refractivity contribution in [3.63, 3.8) is 0 Å². The first-order valence-corrected chi connectivity index (χ1v) is 6.74. The molecule has 1 aromatic rings. The number of carboxylic acids is 1. The van der Waals surface area contributed by atoms with Gasteiger partial charge in [-0.05, 0) is 43.2 Å². The van der Waals surface area contributed by atoms with Gasteiger partial charge in [0.15, 0.2) is 0 Å². The van der Waals surface area contributed by atoms with Crippen molar-refractivity contribution < 1.29 is 14.6 Å². The molecule has 1 N–H and O–H groups in total. The predicted molar refractivity (Wildman–Crippen MR) is 71.0 cm³/mol. The predicted octanol–water partition coefficient (Wildman–Crippen LogP) is 2.89. The lowest BCUT2D eigenvalue weighted by Gasteiger charge is -2.09. The van der Waals surface area contributed by atoms with Crippen LogP contribution in [0.15, 0.2) is 18.2 Å². The van der Waals surface area contributed by atoms with Gasteiger partial charge in [0.1, 0.15) is 5.75 Å². The number of hydrogen-bond donors (Lipinski definition) is 1. The number of benzene rings is 1.